The van der Waals surface area contributed by atoms with Gasteiger partial charge in [0.15, 0.2) is 0 Å². The topological polar surface area (TPSA) is 101 Å². The number of nitrogens with zero attached hydrogens (tertiary/aromatic N) is 1. The largest absolute Gasteiger partial charge is 0.462 e. The number of hydrogen-bond acceptors (Lipinski definition) is 5. The van der Waals surface area contributed by atoms with Crippen molar-refractivity contribution in [3.05, 3.63) is 58.0 Å². The third-order valence-electron chi connectivity index (χ3n) is 2.73. The van der Waals surface area contributed by atoms with Crippen LogP contribution >= 0.6 is 0 Å². The summed E-state index contributed by atoms with van der Waals surface area (Å²) in [5.74, 6) is -0.861. The maximum atomic E-state index is 11.9. The van der Waals surface area contributed by atoms with Crippen LogP contribution in [-0.2, 0) is 4.74 Å². The summed E-state index contributed by atoms with van der Waals surface area (Å²) in [7, 11) is 0. The van der Waals surface area contributed by atoms with Crippen molar-refractivity contribution in [3.8, 4) is 0 Å². The van der Waals surface area contributed by atoms with Crippen molar-refractivity contribution in [2.75, 3.05) is 11.9 Å². The van der Waals surface area contributed by atoms with Gasteiger partial charge in [-0.1, -0.05) is 6.92 Å². The molecule has 1 amide bonds. The number of anilines is 1. The normalized spacial score (nSPS) is 10.0. The molecule has 0 aliphatic rings. The van der Waals surface area contributed by atoms with E-state index < -0.39 is 11.9 Å². The Labute approximate surface area is 126 Å². The second-order valence-corrected chi connectivity index (χ2v) is 4.47. The summed E-state index contributed by atoms with van der Waals surface area (Å²) < 4.78 is 5.01. The van der Waals surface area contributed by atoms with Gasteiger partial charge in [-0.15, -0.1) is 0 Å². The second kappa shape index (κ2) is 7.16. The summed E-state index contributed by atoms with van der Waals surface area (Å²) in [6.07, 6.45) is 0.756. The zero-order chi connectivity index (χ0) is 15.9. The summed E-state index contributed by atoms with van der Waals surface area (Å²) in [6, 6.07) is 8.85. The number of aromatic nitrogens is 2. The van der Waals surface area contributed by atoms with Gasteiger partial charge in [0.2, 0.25) is 0 Å². The first-order chi connectivity index (χ1) is 10.6. The van der Waals surface area contributed by atoms with Crippen LogP contribution in [0.15, 0.2) is 41.2 Å². The Morgan fingerprint density at radius 2 is 1.91 bits per heavy atom. The molecule has 22 heavy (non-hydrogen) atoms. The fourth-order valence-electron chi connectivity index (χ4n) is 1.63. The quantitative estimate of drug-likeness (QED) is 0.817. The molecule has 1 aromatic heterocycles. The molecule has 2 N–H and O–H groups in total. The summed E-state index contributed by atoms with van der Waals surface area (Å²) in [4.78, 5) is 34.4. The first kappa shape index (κ1) is 15.4. The average molecular weight is 301 g/mol. The summed E-state index contributed by atoms with van der Waals surface area (Å²) in [5, 5.41) is 8.42. The van der Waals surface area contributed by atoms with E-state index in [9.17, 15) is 14.4 Å². The molecule has 0 aliphatic carbocycles. The molecular weight excluding hydrogens is 286 g/mol. The fourth-order valence-corrected chi connectivity index (χ4v) is 1.63. The highest BCUT2D eigenvalue weighted by molar-refractivity contribution is 6.03. The van der Waals surface area contributed by atoms with E-state index in [0.717, 1.165) is 6.42 Å². The Hall–Kier alpha value is -2.96. The molecule has 0 unspecified atom stereocenters. The third-order valence-corrected chi connectivity index (χ3v) is 2.73. The monoisotopic (exact) mass is 301 g/mol. The molecule has 2 aromatic rings. The third kappa shape index (κ3) is 4.02. The van der Waals surface area contributed by atoms with Crippen molar-refractivity contribution in [1.82, 2.24) is 10.2 Å². The summed E-state index contributed by atoms with van der Waals surface area (Å²) in [6.45, 7) is 2.28. The van der Waals surface area contributed by atoms with Crippen LogP contribution in [0.1, 0.15) is 34.2 Å². The minimum atomic E-state index is -0.461. The summed E-state index contributed by atoms with van der Waals surface area (Å²) in [5.41, 5.74) is 0.621. The fraction of sp³-hybridized carbons (Fsp3) is 0.200. The Bertz CT molecular complexity index is 702. The van der Waals surface area contributed by atoms with E-state index in [1.807, 2.05) is 6.92 Å². The number of rotatable bonds is 5. The van der Waals surface area contributed by atoms with Gasteiger partial charge in [-0.3, -0.25) is 9.59 Å². The number of H-pyrrole nitrogens is 1. The molecule has 0 atom stereocenters. The molecule has 0 radical (unpaired) electrons. The van der Waals surface area contributed by atoms with E-state index >= 15 is 0 Å². The van der Waals surface area contributed by atoms with Gasteiger partial charge >= 0.3 is 5.97 Å². The number of nitrogens with one attached hydrogen (secondary N) is 2. The Kier molecular flexibility index (Phi) is 5.02. The zero-order valence-corrected chi connectivity index (χ0v) is 12.0. The Morgan fingerprint density at radius 3 is 2.50 bits per heavy atom. The SMILES string of the molecule is CCCOC(=O)c1ccc(NC(=O)c2ccc(=O)[nH]n2)cc1. The first-order valence-corrected chi connectivity index (χ1v) is 6.74. The van der Waals surface area contributed by atoms with Crippen LogP contribution in [0.5, 0.6) is 0 Å². The predicted molar refractivity (Wildman–Crippen MR) is 79.8 cm³/mol. The lowest BCUT2D eigenvalue weighted by Crippen LogP contribution is -2.17. The predicted octanol–water partition coefficient (Wildman–Crippen LogP) is 1.59. The molecule has 0 saturated heterocycles. The average Bonchev–Trinajstić information content (AvgIpc) is 2.54. The zero-order valence-electron chi connectivity index (χ0n) is 12.0. The Morgan fingerprint density at radius 1 is 1.18 bits per heavy atom. The summed E-state index contributed by atoms with van der Waals surface area (Å²) >= 11 is 0. The Balaban J connectivity index is 2.01. The number of hydrogen-bond donors (Lipinski definition) is 2. The van der Waals surface area contributed by atoms with Crippen LogP contribution in [-0.4, -0.2) is 28.7 Å². The molecule has 7 heteroatoms. The molecule has 0 saturated carbocycles. The van der Waals surface area contributed by atoms with Crippen LogP contribution in [0.3, 0.4) is 0 Å². The minimum Gasteiger partial charge on any atom is -0.462 e. The van der Waals surface area contributed by atoms with Crippen molar-refractivity contribution >= 4 is 17.6 Å². The number of amides is 1. The lowest BCUT2D eigenvalue weighted by Gasteiger charge is -2.06. The number of carbonyl (C=O) groups is 2. The van der Waals surface area contributed by atoms with Crippen LogP contribution in [0, 0.1) is 0 Å². The van der Waals surface area contributed by atoms with Gasteiger partial charge in [-0.2, -0.15) is 5.10 Å². The highest BCUT2D eigenvalue weighted by Gasteiger charge is 2.09. The number of esters is 1. The molecule has 0 bridgehead atoms. The maximum Gasteiger partial charge on any atom is 0.338 e. The number of benzene rings is 1. The van der Waals surface area contributed by atoms with Gasteiger partial charge in [0, 0.05) is 11.8 Å². The molecule has 7 nitrogen and oxygen atoms in total. The number of aromatic amines is 1. The molecule has 114 valence electrons. The molecule has 1 heterocycles. The van der Waals surface area contributed by atoms with Crippen molar-refractivity contribution in [3.63, 3.8) is 0 Å². The van der Waals surface area contributed by atoms with Gasteiger partial charge < -0.3 is 10.1 Å². The van der Waals surface area contributed by atoms with Gasteiger partial charge in [0.05, 0.1) is 12.2 Å². The first-order valence-electron chi connectivity index (χ1n) is 6.74. The van der Waals surface area contributed by atoms with Crippen LogP contribution in [0.2, 0.25) is 0 Å². The highest BCUT2D eigenvalue weighted by Crippen LogP contribution is 2.11. The second-order valence-electron chi connectivity index (χ2n) is 4.47. The number of ether oxygens (including phenoxy) is 1. The van der Waals surface area contributed by atoms with Crippen LogP contribution in [0.25, 0.3) is 0 Å². The van der Waals surface area contributed by atoms with Crippen molar-refractivity contribution in [2.45, 2.75) is 13.3 Å². The van der Waals surface area contributed by atoms with E-state index in [1.165, 1.54) is 12.1 Å². The standard InChI is InChI=1S/C15H15N3O4/c1-2-9-22-15(21)10-3-5-11(6-4-10)16-14(20)12-7-8-13(19)18-17-12/h3-8H,2,9H2,1H3,(H,16,20)(H,18,19). The van der Waals surface area contributed by atoms with Gasteiger partial charge in [0.1, 0.15) is 5.69 Å². The van der Waals surface area contributed by atoms with E-state index in [0.29, 0.717) is 17.9 Å². The van der Waals surface area contributed by atoms with Crippen molar-refractivity contribution < 1.29 is 14.3 Å². The highest BCUT2D eigenvalue weighted by atomic mass is 16.5. The lowest BCUT2D eigenvalue weighted by atomic mass is 10.2. The molecule has 0 spiro atoms. The molecule has 2 rings (SSSR count). The van der Waals surface area contributed by atoms with E-state index in [4.69, 9.17) is 4.74 Å². The molecule has 0 fully saturated rings. The van der Waals surface area contributed by atoms with Gasteiger partial charge in [-0.25, -0.2) is 9.89 Å². The molecule has 0 aliphatic heterocycles. The van der Waals surface area contributed by atoms with Crippen molar-refractivity contribution in [2.24, 2.45) is 0 Å². The molecule has 1 aromatic carbocycles. The van der Waals surface area contributed by atoms with Crippen LogP contribution < -0.4 is 10.9 Å². The van der Waals surface area contributed by atoms with Gasteiger partial charge in [0.25, 0.3) is 11.5 Å². The van der Waals surface area contributed by atoms with Crippen LogP contribution in [0.4, 0.5) is 5.69 Å². The van der Waals surface area contributed by atoms with Gasteiger partial charge in [-0.05, 0) is 36.8 Å². The lowest BCUT2D eigenvalue weighted by molar-refractivity contribution is 0.0505. The maximum absolute atomic E-state index is 11.9. The van der Waals surface area contributed by atoms with E-state index in [2.05, 4.69) is 15.5 Å². The smallest absolute Gasteiger partial charge is 0.338 e. The number of carbonyl (C=O) groups excluding carboxylic acids is 2. The van der Waals surface area contributed by atoms with E-state index in [1.54, 1.807) is 24.3 Å². The van der Waals surface area contributed by atoms with Crippen molar-refractivity contribution in [1.29, 1.82) is 0 Å². The molecular formula is C15H15N3O4. The minimum absolute atomic E-state index is 0.0889. The van der Waals surface area contributed by atoms with E-state index in [-0.39, 0.29) is 11.3 Å².